The Morgan fingerprint density at radius 1 is 1.29 bits per heavy atom. The van der Waals surface area contributed by atoms with Crippen molar-refractivity contribution >= 4 is 11.8 Å². The van der Waals surface area contributed by atoms with E-state index in [2.05, 4.69) is 11.2 Å². The predicted molar refractivity (Wildman–Crippen MR) is 83.0 cm³/mol. The van der Waals surface area contributed by atoms with Gasteiger partial charge in [-0.2, -0.15) is 5.26 Å². The number of pyridine rings is 1. The zero-order chi connectivity index (χ0) is 14.7. The van der Waals surface area contributed by atoms with Crippen LogP contribution in [0.3, 0.4) is 0 Å². The van der Waals surface area contributed by atoms with E-state index in [1.165, 1.54) is 4.90 Å². The lowest BCUT2D eigenvalue weighted by atomic mass is 10.1. The number of ether oxygens (including phenoxy) is 1. The van der Waals surface area contributed by atoms with E-state index in [0.717, 1.165) is 16.8 Å². The molecule has 3 rings (SSSR count). The first-order valence-electron chi connectivity index (χ1n) is 6.47. The number of aryl methyl sites for hydroxylation is 1. The van der Waals surface area contributed by atoms with Gasteiger partial charge in [-0.05, 0) is 42.8 Å². The monoisotopic (exact) mass is 295 g/mol. The molecule has 5 heteroatoms. The van der Waals surface area contributed by atoms with Crippen molar-refractivity contribution in [3.63, 3.8) is 0 Å². The third-order valence-corrected chi connectivity index (χ3v) is 3.91. The van der Waals surface area contributed by atoms with Gasteiger partial charge in [0.1, 0.15) is 5.75 Å². The summed E-state index contributed by atoms with van der Waals surface area (Å²) in [6.07, 6.45) is 3.88. The van der Waals surface area contributed by atoms with Crippen LogP contribution in [0.25, 0.3) is 11.3 Å². The molecule has 1 aromatic carbocycles. The Kier molecular flexibility index (Phi) is 3.80. The average Bonchev–Trinajstić information content (AvgIpc) is 2.96. The highest BCUT2D eigenvalue weighted by atomic mass is 32.2. The van der Waals surface area contributed by atoms with E-state index in [1.54, 1.807) is 18.0 Å². The lowest BCUT2D eigenvalue weighted by molar-refractivity contribution is 0.308. The Hall–Kier alpha value is -2.45. The van der Waals surface area contributed by atoms with E-state index in [1.807, 2.05) is 48.7 Å². The molecule has 0 bridgehead atoms. The van der Waals surface area contributed by atoms with E-state index >= 15 is 0 Å². The highest BCUT2D eigenvalue weighted by Crippen LogP contribution is 2.27. The second-order valence-electron chi connectivity index (χ2n) is 4.58. The maximum atomic E-state index is 8.97. The fourth-order valence-corrected chi connectivity index (χ4v) is 2.78. The van der Waals surface area contributed by atoms with E-state index in [0.29, 0.717) is 17.5 Å². The largest absolute Gasteiger partial charge is 0.440 e. The van der Waals surface area contributed by atoms with Gasteiger partial charge in [-0.25, -0.2) is 4.90 Å². The van der Waals surface area contributed by atoms with Crippen molar-refractivity contribution < 1.29 is 4.74 Å². The molecule has 0 saturated heterocycles. The Bertz CT molecular complexity index is 719. The second kappa shape index (κ2) is 5.90. The molecule has 0 fully saturated rings. The summed E-state index contributed by atoms with van der Waals surface area (Å²) >= 11 is 1.54. The molecule has 0 amide bonds. The SMILES string of the molecule is Cc1cccnc1-c1ccc(OC2=CSCN2C#N)cc1. The third kappa shape index (κ3) is 2.86. The number of nitrogens with zero attached hydrogens (tertiary/aromatic N) is 3. The van der Waals surface area contributed by atoms with Gasteiger partial charge in [-0.1, -0.05) is 6.07 Å². The zero-order valence-electron chi connectivity index (χ0n) is 11.5. The molecule has 0 radical (unpaired) electrons. The van der Waals surface area contributed by atoms with Gasteiger partial charge in [0, 0.05) is 17.2 Å². The summed E-state index contributed by atoms with van der Waals surface area (Å²) in [5.74, 6) is 1.89. The minimum atomic E-state index is 0.573. The fourth-order valence-electron chi connectivity index (χ4n) is 2.06. The van der Waals surface area contributed by atoms with Gasteiger partial charge in [0.2, 0.25) is 5.88 Å². The molecule has 0 spiro atoms. The van der Waals surface area contributed by atoms with Crippen LogP contribution in [0.2, 0.25) is 0 Å². The van der Waals surface area contributed by atoms with Crippen molar-refractivity contribution in [2.75, 3.05) is 5.88 Å². The van der Waals surface area contributed by atoms with Crippen LogP contribution in [-0.2, 0) is 0 Å². The average molecular weight is 295 g/mol. The number of aromatic nitrogens is 1. The number of rotatable bonds is 3. The molecule has 1 aliphatic rings. The number of nitriles is 1. The van der Waals surface area contributed by atoms with Crippen molar-refractivity contribution in [2.24, 2.45) is 0 Å². The standard InChI is InChI=1S/C16H13N3OS/c1-12-3-2-8-18-16(12)13-4-6-14(7-5-13)20-15-9-21-11-19(15)10-17/h2-9H,11H2,1H3. The smallest absolute Gasteiger partial charge is 0.216 e. The number of thioether (sulfide) groups is 1. The van der Waals surface area contributed by atoms with Crippen molar-refractivity contribution in [2.45, 2.75) is 6.92 Å². The van der Waals surface area contributed by atoms with Crippen molar-refractivity contribution in [1.82, 2.24) is 9.88 Å². The molecule has 0 saturated carbocycles. The van der Waals surface area contributed by atoms with E-state index in [9.17, 15) is 0 Å². The van der Waals surface area contributed by atoms with Crippen LogP contribution in [0.15, 0.2) is 53.9 Å². The van der Waals surface area contributed by atoms with Gasteiger partial charge in [0.05, 0.1) is 11.6 Å². The second-order valence-corrected chi connectivity index (χ2v) is 5.40. The third-order valence-electron chi connectivity index (χ3n) is 3.13. The first-order chi connectivity index (χ1) is 10.3. The summed E-state index contributed by atoms with van der Waals surface area (Å²) in [6, 6.07) is 11.7. The molecular formula is C16H13N3OS. The summed E-state index contributed by atoms with van der Waals surface area (Å²) in [5, 5.41) is 10.8. The minimum Gasteiger partial charge on any atom is -0.440 e. The quantitative estimate of drug-likeness (QED) is 0.808. The van der Waals surface area contributed by atoms with Gasteiger partial charge in [-0.15, -0.1) is 11.8 Å². The Morgan fingerprint density at radius 3 is 2.81 bits per heavy atom. The maximum absolute atomic E-state index is 8.97. The lowest BCUT2D eigenvalue weighted by Crippen LogP contribution is -2.15. The van der Waals surface area contributed by atoms with E-state index in [4.69, 9.17) is 10.00 Å². The molecule has 0 atom stereocenters. The van der Waals surface area contributed by atoms with Gasteiger partial charge in [0.15, 0.2) is 6.19 Å². The first kappa shape index (κ1) is 13.5. The zero-order valence-corrected chi connectivity index (χ0v) is 12.3. The summed E-state index contributed by atoms with van der Waals surface area (Å²) in [6.45, 7) is 2.04. The van der Waals surface area contributed by atoms with E-state index in [-0.39, 0.29) is 0 Å². The van der Waals surface area contributed by atoms with Crippen molar-refractivity contribution in [1.29, 1.82) is 5.26 Å². The highest BCUT2D eigenvalue weighted by molar-refractivity contribution is 8.02. The molecular weight excluding hydrogens is 282 g/mol. The summed E-state index contributed by atoms with van der Waals surface area (Å²) in [7, 11) is 0. The molecule has 2 aromatic rings. The van der Waals surface area contributed by atoms with Gasteiger partial charge < -0.3 is 4.74 Å². The first-order valence-corrected chi connectivity index (χ1v) is 7.52. The molecule has 4 nitrogen and oxygen atoms in total. The molecule has 1 aromatic heterocycles. The van der Waals surface area contributed by atoms with Crippen molar-refractivity contribution in [3.8, 4) is 23.2 Å². The molecule has 0 aliphatic carbocycles. The Balaban J connectivity index is 1.79. The van der Waals surface area contributed by atoms with Crippen LogP contribution in [-0.4, -0.2) is 15.8 Å². The summed E-state index contributed by atoms with van der Waals surface area (Å²) < 4.78 is 5.72. The van der Waals surface area contributed by atoms with Gasteiger partial charge in [0.25, 0.3) is 0 Å². The Labute approximate surface area is 127 Å². The summed E-state index contributed by atoms with van der Waals surface area (Å²) in [4.78, 5) is 5.92. The molecule has 0 N–H and O–H groups in total. The molecule has 2 heterocycles. The molecule has 1 aliphatic heterocycles. The number of hydrogen-bond donors (Lipinski definition) is 0. The van der Waals surface area contributed by atoms with Crippen LogP contribution in [0, 0.1) is 18.4 Å². The van der Waals surface area contributed by atoms with E-state index < -0.39 is 0 Å². The number of hydrogen-bond acceptors (Lipinski definition) is 5. The van der Waals surface area contributed by atoms with Crippen LogP contribution in [0.4, 0.5) is 0 Å². The van der Waals surface area contributed by atoms with Crippen LogP contribution >= 0.6 is 11.8 Å². The molecule has 21 heavy (non-hydrogen) atoms. The Morgan fingerprint density at radius 2 is 2.10 bits per heavy atom. The summed E-state index contributed by atoms with van der Waals surface area (Å²) in [5.41, 5.74) is 3.16. The van der Waals surface area contributed by atoms with Crippen LogP contribution in [0.5, 0.6) is 5.75 Å². The lowest BCUT2D eigenvalue weighted by Gasteiger charge is -2.13. The van der Waals surface area contributed by atoms with Crippen LogP contribution < -0.4 is 4.74 Å². The molecule has 0 unspecified atom stereocenters. The maximum Gasteiger partial charge on any atom is 0.216 e. The highest BCUT2D eigenvalue weighted by Gasteiger charge is 2.17. The van der Waals surface area contributed by atoms with Crippen molar-refractivity contribution in [3.05, 3.63) is 59.4 Å². The fraction of sp³-hybridized carbons (Fsp3) is 0.125. The normalized spacial score (nSPS) is 13.7. The molecule has 104 valence electrons. The van der Waals surface area contributed by atoms with Gasteiger partial charge in [-0.3, -0.25) is 4.98 Å². The van der Waals surface area contributed by atoms with Crippen LogP contribution in [0.1, 0.15) is 5.56 Å². The number of benzene rings is 1. The minimum absolute atomic E-state index is 0.573. The predicted octanol–water partition coefficient (Wildman–Crippen LogP) is 3.72. The topological polar surface area (TPSA) is 49.1 Å². The van der Waals surface area contributed by atoms with Gasteiger partial charge >= 0.3 is 0 Å².